The molecule has 32 atom stereocenters. The number of ether oxygens (including phenoxy) is 14. The van der Waals surface area contributed by atoms with Gasteiger partial charge in [0.05, 0.1) is 81.1 Å². The van der Waals surface area contributed by atoms with Crippen molar-refractivity contribution >= 4 is 23.9 Å². The largest absolute Gasteiger partial charge is 0.469 e. The Balaban J connectivity index is 1.39. The summed E-state index contributed by atoms with van der Waals surface area (Å²) < 4.78 is 82.7. The van der Waals surface area contributed by atoms with Gasteiger partial charge < -0.3 is 133 Å². The zero-order valence-electron chi connectivity index (χ0n) is 53.8. The minimum absolute atomic E-state index is 0.118. The normalized spacial score (nSPS) is 39.5. The maximum absolute atomic E-state index is 13.5. The van der Waals surface area contributed by atoms with Gasteiger partial charge in [-0.2, -0.15) is 0 Å². The number of esters is 4. The van der Waals surface area contributed by atoms with Crippen LogP contribution in [0.1, 0.15) is 140 Å². The molecule has 0 aromatic rings. The fourth-order valence-corrected chi connectivity index (χ4v) is 11.0. The quantitative estimate of drug-likeness (QED) is 0.0187. The van der Waals surface area contributed by atoms with Crippen molar-refractivity contribution in [1.82, 2.24) is 0 Å². The summed E-state index contributed by atoms with van der Waals surface area (Å²) in [6, 6.07) is 0. The first-order chi connectivity index (χ1) is 42.9. The SMILES string of the molecule is CCCC(CCCCCCCC(O)CC(=O)OC)OC1OC(COC2OC(C)C(OC(=O)C(C)C(C)OC(=O)C(C)C(C)O)C(O)C2O)C(O)C(O)C1OC1OC(CO)C(O)C(O)C1OC1OC(C)C(OC2OC(C)C(O)C(O)C2O)C(O)C1OC(=O)C(C)CC. The van der Waals surface area contributed by atoms with Crippen molar-refractivity contribution in [2.24, 2.45) is 17.8 Å². The molecule has 0 aromatic carbocycles. The molecular formula is C60H104O31. The van der Waals surface area contributed by atoms with Gasteiger partial charge >= 0.3 is 23.9 Å². The molecule has 5 aliphatic heterocycles. The number of hydrogen-bond acceptors (Lipinski definition) is 31. The van der Waals surface area contributed by atoms with E-state index in [1.165, 1.54) is 55.6 Å². The van der Waals surface area contributed by atoms with Gasteiger partial charge in [-0.1, -0.05) is 59.3 Å². The van der Waals surface area contributed by atoms with Crippen LogP contribution >= 0.6 is 0 Å². The topological polar surface area (TPSA) is 460 Å². The summed E-state index contributed by atoms with van der Waals surface area (Å²) in [5.41, 5.74) is 0. The van der Waals surface area contributed by atoms with E-state index in [-0.39, 0.29) is 12.8 Å². The van der Waals surface area contributed by atoms with Gasteiger partial charge in [-0.3, -0.25) is 19.2 Å². The van der Waals surface area contributed by atoms with E-state index in [0.717, 1.165) is 12.8 Å². The molecule has 0 aliphatic carbocycles. The highest BCUT2D eigenvalue weighted by atomic mass is 16.8. The highest BCUT2D eigenvalue weighted by Gasteiger charge is 2.57. The lowest BCUT2D eigenvalue weighted by Crippen LogP contribution is -2.67. The Kier molecular flexibility index (Phi) is 31.9. The highest BCUT2D eigenvalue weighted by molar-refractivity contribution is 5.76. The molecule has 5 aliphatic rings. The maximum atomic E-state index is 13.5. The van der Waals surface area contributed by atoms with Crippen LogP contribution in [0.2, 0.25) is 0 Å². The monoisotopic (exact) mass is 1320 g/mol. The third-order valence-corrected chi connectivity index (χ3v) is 17.7. The van der Waals surface area contributed by atoms with Crippen molar-refractivity contribution < 1.29 is 152 Å². The number of aliphatic hydroxyl groups is 13. The molecule has 0 bridgehead atoms. The van der Waals surface area contributed by atoms with E-state index >= 15 is 0 Å². The summed E-state index contributed by atoms with van der Waals surface area (Å²) in [5, 5.41) is 144. The van der Waals surface area contributed by atoms with E-state index in [1.807, 2.05) is 6.92 Å². The van der Waals surface area contributed by atoms with E-state index < -0.39 is 233 Å². The first-order valence-corrected chi connectivity index (χ1v) is 31.9. The van der Waals surface area contributed by atoms with Crippen LogP contribution in [-0.2, 0) is 85.5 Å². The third-order valence-electron chi connectivity index (χ3n) is 17.7. The molecule has 31 nitrogen and oxygen atoms in total. The lowest BCUT2D eigenvalue weighted by atomic mass is 9.95. The Labute approximate surface area is 530 Å². The number of carbonyl (C=O) groups excluding carboxylic acids is 4. The average molecular weight is 1320 g/mol. The maximum Gasteiger partial charge on any atom is 0.312 e. The predicted octanol–water partition coefficient (Wildman–Crippen LogP) is -2.26. The highest BCUT2D eigenvalue weighted by Crippen LogP contribution is 2.38. The van der Waals surface area contributed by atoms with Crippen LogP contribution in [0.5, 0.6) is 0 Å². The van der Waals surface area contributed by atoms with Gasteiger partial charge in [-0.05, 0) is 74.1 Å². The first kappa shape index (κ1) is 78.7. The van der Waals surface area contributed by atoms with E-state index in [9.17, 15) is 85.6 Å². The average Bonchev–Trinajstić information content (AvgIpc) is 0.820. The second-order valence-electron chi connectivity index (χ2n) is 24.8. The molecule has 0 saturated carbocycles. The standard InChI is InChI=1S/C60H104O31/c1-12-19-34(21-18-16-14-15-17-20-33(63)22-37(64)78-11)84-59-50(43(70)40(67)36(86-59)24-79-56-46(73)44(71)48(31(9)82-56)87-55(77)27(5)29(7)80-54(76)26(4)28(6)62)91-60-51(42(69)39(66)35(23-61)85-60)90-58-52(88-53(75)25(3)13-2)47(74)49(32(10)83-58)89-57-45(72)41(68)38(65)30(8)81-57/h25-36,38-52,56-63,65-74H,12-24H2,1-11H3. The van der Waals surface area contributed by atoms with Crippen molar-refractivity contribution in [3.63, 3.8) is 0 Å². The first-order valence-electron chi connectivity index (χ1n) is 31.9. The van der Waals surface area contributed by atoms with Crippen LogP contribution in [0.15, 0.2) is 0 Å². The Morgan fingerprint density at radius 1 is 0.484 bits per heavy atom. The lowest BCUT2D eigenvalue weighted by Gasteiger charge is -2.50. The summed E-state index contributed by atoms with van der Waals surface area (Å²) in [4.78, 5) is 50.9. The minimum Gasteiger partial charge on any atom is -0.469 e. The van der Waals surface area contributed by atoms with Gasteiger partial charge in [0.2, 0.25) is 0 Å². The molecule has 0 amide bonds. The smallest absolute Gasteiger partial charge is 0.312 e. The zero-order chi connectivity index (χ0) is 67.9. The van der Waals surface area contributed by atoms with E-state index in [1.54, 1.807) is 13.8 Å². The van der Waals surface area contributed by atoms with Crippen molar-refractivity contribution in [3.05, 3.63) is 0 Å². The molecule has 91 heavy (non-hydrogen) atoms. The molecule has 530 valence electrons. The number of hydrogen-bond donors (Lipinski definition) is 13. The van der Waals surface area contributed by atoms with E-state index in [2.05, 4.69) is 4.74 Å². The summed E-state index contributed by atoms with van der Waals surface area (Å²) in [5.74, 6) is -5.76. The third kappa shape index (κ3) is 21.0. The zero-order valence-corrected chi connectivity index (χ0v) is 53.8. The Hall–Kier alpha value is -3.04. The number of aliphatic hydroxyl groups excluding tert-OH is 13. The van der Waals surface area contributed by atoms with Gasteiger partial charge in [0, 0.05) is 0 Å². The van der Waals surface area contributed by atoms with Gasteiger partial charge in [-0.25, -0.2) is 0 Å². The molecular weight excluding hydrogens is 1220 g/mol. The number of unbranched alkanes of at least 4 members (excludes halogenated alkanes) is 4. The van der Waals surface area contributed by atoms with Crippen molar-refractivity contribution in [3.8, 4) is 0 Å². The van der Waals surface area contributed by atoms with Crippen LogP contribution in [0, 0.1) is 17.8 Å². The fourth-order valence-electron chi connectivity index (χ4n) is 11.0. The van der Waals surface area contributed by atoms with Crippen LogP contribution in [-0.4, -0.2) is 289 Å². The number of carbonyl (C=O) groups is 4. The molecule has 5 fully saturated rings. The summed E-state index contributed by atoms with van der Waals surface area (Å²) in [6.45, 7) is 13.5. The van der Waals surface area contributed by atoms with E-state index in [0.29, 0.717) is 44.9 Å². The molecule has 0 radical (unpaired) electrons. The van der Waals surface area contributed by atoms with Gasteiger partial charge in [0.15, 0.2) is 43.7 Å². The number of rotatable bonds is 33. The summed E-state index contributed by atoms with van der Waals surface area (Å²) in [7, 11) is 1.24. The molecule has 13 N–H and O–H groups in total. The molecule has 5 rings (SSSR count). The van der Waals surface area contributed by atoms with Crippen molar-refractivity contribution in [1.29, 1.82) is 0 Å². The molecule has 31 heteroatoms. The summed E-state index contributed by atoms with van der Waals surface area (Å²) in [6.07, 6.45) is -40.8. The molecule has 5 heterocycles. The van der Waals surface area contributed by atoms with Gasteiger partial charge in [0.25, 0.3) is 0 Å². The molecule has 0 aromatic heterocycles. The lowest BCUT2D eigenvalue weighted by molar-refractivity contribution is -0.401. The Bertz CT molecular complexity index is 2180. The minimum atomic E-state index is -2.06. The Morgan fingerprint density at radius 2 is 1.00 bits per heavy atom. The second-order valence-corrected chi connectivity index (χ2v) is 24.8. The molecule has 0 spiro atoms. The van der Waals surface area contributed by atoms with Crippen molar-refractivity contribution in [2.75, 3.05) is 20.3 Å². The van der Waals surface area contributed by atoms with Gasteiger partial charge in [0.1, 0.15) is 97.7 Å². The summed E-state index contributed by atoms with van der Waals surface area (Å²) >= 11 is 0. The Morgan fingerprint density at radius 3 is 1.60 bits per heavy atom. The van der Waals surface area contributed by atoms with Crippen molar-refractivity contribution in [2.45, 2.75) is 318 Å². The second kappa shape index (κ2) is 36.9. The van der Waals surface area contributed by atoms with Crippen LogP contribution in [0.3, 0.4) is 0 Å². The van der Waals surface area contributed by atoms with E-state index in [4.69, 9.17) is 61.6 Å². The van der Waals surface area contributed by atoms with Gasteiger partial charge in [-0.15, -0.1) is 0 Å². The molecule has 5 saturated heterocycles. The fraction of sp³-hybridized carbons (Fsp3) is 0.933. The van der Waals surface area contributed by atoms with Crippen LogP contribution < -0.4 is 0 Å². The molecule has 32 unspecified atom stereocenters. The van der Waals surface area contributed by atoms with Crippen LogP contribution in [0.25, 0.3) is 0 Å². The predicted molar refractivity (Wildman–Crippen MR) is 308 cm³/mol. The van der Waals surface area contributed by atoms with Crippen LogP contribution in [0.4, 0.5) is 0 Å². The number of methoxy groups -OCH3 is 1.